The highest BCUT2D eigenvalue weighted by atomic mass is 16.1. The molecule has 0 N–H and O–H groups in total. The lowest BCUT2D eigenvalue weighted by molar-refractivity contribution is -0.108. The molecule has 0 aromatic heterocycles. The van der Waals surface area contributed by atoms with Crippen molar-refractivity contribution in [2.75, 3.05) is 0 Å². The summed E-state index contributed by atoms with van der Waals surface area (Å²) in [6, 6.07) is 11.8. The summed E-state index contributed by atoms with van der Waals surface area (Å²) in [6.45, 7) is 3.94. The summed E-state index contributed by atoms with van der Waals surface area (Å²) in [5.41, 5.74) is 0.248. The maximum atomic E-state index is 10.7. The van der Waals surface area contributed by atoms with Gasteiger partial charge in [0.25, 0.3) is 0 Å². The predicted octanol–water partition coefficient (Wildman–Crippen LogP) is 2.69. The van der Waals surface area contributed by atoms with Crippen molar-refractivity contribution in [3.8, 4) is 6.07 Å². The molecule has 0 saturated heterocycles. The minimum Gasteiger partial charge on any atom is -0.303 e. The summed E-state index contributed by atoms with van der Waals surface area (Å²) in [5, 5.41) is 9.32. The van der Waals surface area contributed by atoms with E-state index in [4.69, 9.17) is 0 Å². The van der Waals surface area contributed by atoms with Crippen LogP contribution in [0.3, 0.4) is 0 Å². The van der Waals surface area contributed by atoms with Gasteiger partial charge < -0.3 is 4.79 Å². The van der Waals surface area contributed by atoms with Crippen molar-refractivity contribution in [1.29, 1.82) is 5.26 Å². The molecule has 0 amide bonds. The Labute approximate surface area is 90.5 Å². The van der Waals surface area contributed by atoms with Crippen LogP contribution in [0.25, 0.3) is 0 Å². The maximum Gasteiger partial charge on any atom is 0.121 e. The Morgan fingerprint density at radius 1 is 1.40 bits per heavy atom. The third kappa shape index (κ3) is 2.07. The fraction of sp³-hybridized carbons (Fsp3) is 0.385. The standard InChI is InChI=1S/C13H15NO/c1-11(2)13(10-14,8-9-15)12-6-4-3-5-7-12/h3-7,9,11H,8H2,1-2H3. The number of nitriles is 1. The lowest BCUT2D eigenvalue weighted by Gasteiger charge is -2.29. The van der Waals surface area contributed by atoms with Crippen LogP contribution in [0.5, 0.6) is 0 Å². The Balaban J connectivity index is 3.23. The molecule has 0 heterocycles. The van der Waals surface area contributed by atoms with Gasteiger partial charge in [-0.05, 0) is 11.5 Å². The largest absolute Gasteiger partial charge is 0.303 e. The molecule has 0 saturated carbocycles. The predicted molar refractivity (Wildman–Crippen MR) is 59.3 cm³/mol. The van der Waals surface area contributed by atoms with Crippen LogP contribution in [0.2, 0.25) is 0 Å². The van der Waals surface area contributed by atoms with E-state index in [1.807, 2.05) is 44.2 Å². The van der Waals surface area contributed by atoms with Gasteiger partial charge >= 0.3 is 0 Å². The van der Waals surface area contributed by atoms with Gasteiger partial charge in [0.2, 0.25) is 0 Å². The Morgan fingerprint density at radius 3 is 2.40 bits per heavy atom. The van der Waals surface area contributed by atoms with Crippen LogP contribution in [0.1, 0.15) is 25.8 Å². The zero-order valence-electron chi connectivity index (χ0n) is 9.10. The van der Waals surface area contributed by atoms with E-state index in [1.54, 1.807) is 0 Å². The van der Waals surface area contributed by atoms with Crippen LogP contribution < -0.4 is 0 Å². The second-order valence-corrected chi connectivity index (χ2v) is 3.97. The molecule has 1 unspecified atom stereocenters. The van der Waals surface area contributed by atoms with E-state index in [-0.39, 0.29) is 12.3 Å². The fourth-order valence-corrected chi connectivity index (χ4v) is 1.79. The second-order valence-electron chi connectivity index (χ2n) is 3.97. The van der Waals surface area contributed by atoms with Crippen molar-refractivity contribution < 1.29 is 4.79 Å². The van der Waals surface area contributed by atoms with E-state index >= 15 is 0 Å². The number of carbonyl (C=O) groups excluding carboxylic acids is 1. The highest BCUT2D eigenvalue weighted by Crippen LogP contribution is 2.34. The van der Waals surface area contributed by atoms with Crippen LogP contribution >= 0.6 is 0 Å². The van der Waals surface area contributed by atoms with Gasteiger partial charge in [-0.2, -0.15) is 5.26 Å². The number of hydrogen-bond donors (Lipinski definition) is 0. The van der Waals surface area contributed by atoms with Crippen LogP contribution in [0.15, 0.2) is 30.3 Å². The fourth-order valence-electron chi connectivity index (χ4n) is 1.79. The minimum absolute atomic E-state index is 0.120. The van der Waals surface area contributed by atoms with Crippen molar-refractivity contribution >= 4 is 6.29 Å². The molecular weight excluding hydrogens is 186 g/mol. The summed E-state index contributed by atoms with van der Waals surface area (Å²) in [5.74, 6) is 0.120. The molecule has 0 aliphatic carbocycles. The molecule has 1 aromatic carbocycles. The smallest absolute Gasteiger partial charge is 0.121 e. The number of nitrogens with zero attached hydrogens (tertiary/aromatic N) is 1. The summed E-state index contributed by atoms with van der Waals surface area (Å²) >= 11 is 0. The summed E-state index contributed by atoms with van der Waals surface area (Å²) in [6.07, 6.45) is 1.08. The Morgan fingerprint density at radius 2 is 2.00 bits per heavy atom. The normalized spacial score (nSPS) is 14.3. The maximum absolute atomic E-state index is 10.7. The van der Waals surface area contributed by atoms with Crippen LogP contribution in [0, 0.1) is 17.2 Å². The van der Waals surface area contributed by atoms with Crippen molar-refractivity contribution in [3.05, 3.63) is 35.9 Å². The van der Waals surface area contributed by atoms with E-state index in [1.165, 1.54) is 0 Å². The highest BCUT2D eigenvalue weighted by molar-refractivity contribution is 5.56. The van der Waals surface area contributed by atoms with E-state index < -0.39 is 5.41 Å². The van der Waals surface area contributed by atoms with Crippen molar-refractivity contribution in [2.45, 2.75) is 25.7 Å². The third-order valence-corrected chi connectivity index (χ3v) is 2.88. The van der Waals surface area contributed by atoms with Crippen LogP contribution in [-0.2, 0) is 10.2 Å². The molecule has 0 radical (unpaired) electrons. The number of aldehydes is 1. The number of carbonyl (C=O) groups is 1. The number of hydrogen-bond acceptors (Lipinski definition) is 2. The lowest BCUT2D eigenvalue weighted by Crippen LogP contribution is -2.31. The molecule has 0 spiro atoms. The summed E-state index contributed by atoms with van der Waals surface area (Å²) < 4.78 is 0. The molecule has 1 aromatic rings. The minimum atomic E-state index is -0.678. The first kappa shape index (κ1) is 11.5. The average molecular weight is 201 g/mol. The van der Waals surface area contributed by atoms with E-state index in [0.717, 1.165) is 11.8 Å². The van der Waals surface area contributed by atoms with Gasteiger partial charge in [0, 0.05) is 6.42 Å². The first-order valence-corrected chi connectivity index (χ1v) is 5.08. The Kier molecular flexibility index (Phi) is 3.62. The van der Waals surface area contributed by atoms with Crippen LogP contribution in [0.4, 0.5) is 0 Å². The Hall–Kier alpha value is -1.62. The molecular formula is C13H15NO. The number of rotatable bonds is 4. The van der Waals surface area contributed by atoms with Gasteiger partial charge in [-0.25, -0.2) is 0 Å². The van der Waals surface area contributed by atoms with Gasteiger partial charge in [-0.3, -0.25) is 0 Å². The van der Waals surface area contributed by atoms with E-state index in [0.29, 0.717) is 0 Å². The second kappa shape index (κ2) is 4.75. The topological polar surface area (TPSA) is 40.9 Å². The van der Waals surface area contributed by atoms with Gasteiger partial charge in [-0.15, -0.1) is 0 Å². The third-order valence-electron chi connectivity index (χ3n) is 2.88. The molecule has 2 heteroatoms. The Bertz CT molecular complexity index is 364. The first-order chi connectivity index (χ1) is 7.17. The van der Waals surface area contributed by atoms with Crippen molar-refractivity contribution in [2.24, 2.45) is 5.92 Å². The van der Waals surface area contributed by atoms with Gasteiger partial charge in [-0.1, -0.05) is 44.2 Å². The van der Waals surface area contributed by atoms with Crippen molar-refractivity contribution in [1.82, 2.24) is 0 Å². The molecule has 0 bridgehead atoms. The van der Waals surface area contributed by atoms with Gasteiger partial charge in [0.05, 0.1) is 11.5 Å². The van der Waals surface area contributed by atoms with Gasteiger partial charge in [0.15, 0.2) is 0 Å². The molecule has 2 nitrogen and oxygen atoms in total. The van der Waals surface area contributed by atoms with E-state index in [9.17, 15) is 10.1 Å². The quantitative estimate of drug-likeness (QED) is 0.703. The SMILES string of the molecule is CC(C)C(C#N)(CC=O)c1ccccc1. The van der Waals surface area contributed by atoms with Crippen LogP contribution in [-0.4, -0.2) is 6.29 Å². The molecule has 1 rings (SSSR count). The summed E-state index contributed by atoms with van der Waals surface area (Å²) in [4.78, 5) is 10.7. The molecule has 0 fully saturated rings. The zero-order chi connectivity index (χ0) is 11.3. The molecule has 78 valence electrons. The highest BCUT2D eigenvalue weighted by Gasteiger charge is 2.35. The first-order valence-electron chi connectivity index (χ1n) is 5.08. The van der Waals surface area contributed by atoms with Crippen molar-refractivity contribution in [3.63, 3.8) is 0 Å². The lowest BCUT2D eigenvalue weighted by atomic mass is 9.71. The monoisotopic (exact) mass is 201 g/mol. The molecule has 0 aliphatic rings. The van der Waals surface area contributed by atoms with Gasteiger partial charge in [0.1, 0.15) is 6.29 Å². The molecule has 15 heavy (non-hydrogen) atoms. The molecule has 1 atom stereocenters. The number of benzene rings is 1. The molecule has 0 aliphatic heterocycles. The summed E-state index contributed by atoms with van der Waals surface area (Å²) in [7, 11) is 0. The average Bonchev–Trinajstić information content (AvgIpc) is 2.26. The van der Waals surface area contributed by atoms with E-state index in [2.05, 4.69) is 6.07 Å². The zero-order valence-corrected chi connectivity index (χ0v) is 9.10.